The van der Waals surface area contributed by atoms with E-state index in [1.54, 1.807) is 14.2 Å². The standard InChI is InChI=1S/C21H32N2O4.ClH/c1-15-19(22-11-12-27-15)20(24)23-14-21(9-5-4-6-10-21)16-7-8-17(25-2)18(13-16)26-3;/h7-8,13,15,19,22H,4-6,9-12,14H2,1-3H3,(H,23,24);1H/t15-,19+;/m1./s1. The Morgan fingerprint density at radius 1 is 1.21 bits per heavy atom. The summed E-state index contributed by atoms with van der Waals surface area (Å²) in [5.41, 5.74) is 1.15. The molecule has 1 saturated heterocycles. The zero-order valence-corrected chi connectivity index (χ0v) is 17.9. The monoisotopic (exact) mass is 412 g/mol. The number of hydrogen-bond acceptors (Lipinski definition) is 5. The molecular weight excluding hydrogens is 380 g/mol. The Morgan fingerprint density at radius 3 is 2.57 bits per heavy atom. The molecule has 0 aromatic heterocycles. The van der Waals surface area contributed by atoms with Crippen LogP contribution in [0.3, 0.4) is 0 Å². The molecule has 2 N–H and O–H groups in total. The summed E-state index contributed by atoms with van der Waals surface area (Å²) >= 11 is 0. The highest BCUT2D eigenvalue weighted by Gasteiger charge is 2.36. The van der Waals surface area contributed by atoms with Crippen molar-refractivity contribution < 1.29 is 19.0 Å². The highest BCUT2D eigenvalue weighted by atomic mass is 35.5. The summed E-state index contributed by atoms with van der Waals surface area (Å²) in [6, 6.07) is 5.86. The zero-order valence-electron chi connectivity index (χ0n) is 17.1. The minimum absolute atomic E-state index is 0. The molecule has 0 unspecified atom stereocenters. The topological polar surface area (TPSA) is 68.8 Å². The summed E-state index contributed by atoms with van der Waals surface area (Å²) in [4.78, 5) is 12.7. The number of morpholine rings is 1. The van der Waals surface area contributed by atoms with Crippen molar-refractivity contribution in [2.24, 2.45) is 0 Å². The van der Waals surface area contributed by atoms with Gasteiger partial charge in [-0.2, -0.15) is 0 Å². The van der Waals surface area contributed by atoms with Crippen molar-refractivity contribution in [1.29, 1.82) is 0 Å². The largest absolute Gasteiger partial charge is 0.493 e. The highest BCUT2D eigenvalue weighted by Crippen LogP contribution is 2.42. The fraction of sp³-hybridized carbons (Fsp3) is 0.667. The molecule has 0 spiro atoms. The Kier molecular flexibility index (Phi) is 8.40. The van der Waals surface area contributed by atoms with Gasteiger partial charge in [-0.15, -0.1) is 12.4 Å². The lowest BCUT2D eigenvalue weighted by Gasteiger charge is -2.39. The lowest BCUT2D eigenvalue weighted by atomic mass is 9.69. The Labute approximate surface area is 174 Å². The second kappa shape index (κ2) is 10.3. The lowest BCUT2D eigenvalue weighted by Crippen LogP contribution is -2.57. The van der Waals surface area contributed by atoms with Gasteiger partial charge >= 0.3 is 0 Å². The molecule has 3 rings (SSSR count). The van der Waals surface area contributed by atoms with Gasteiger partial charge in [-0.1, -0.05) is 25.3 Å². The molecule has 0 bridgehead atoms. The molecule has 158 valence electrons. The van der Waals surface area contributed by atoms with Crippen LogP contribution in [-0.4, -0.2) is 52.0 Å². The highest BCUT2D eigenvalue weighted by molar-refractivity contribution is 5.85. The van der Waals surface area contributed by atoms with E-state index < -0.39 is 0 Å². The molecule has 6 nitrogen and oxygen atoms in total. The van der Waals surface area contributed by atoms with Gasteiger partial charge in [0.1, 0.15) is 6.04 Å². The van der Waals surface area contributed by atoms with Gasteiger partial charge in [0.2, 0.25) is 5.91 Å². The number of nitrogens with one attached hydrogen (secondary N) is 2. The van der Waals surface area contributed by atoms with E-state index >= 15 is 0 Å². The maximum absolute atomic E-state index is 12.7. The van der Waals surface area contributed by atoms with Crippen molar-refractivity contribution in [3.8, 4) is 11.5 Å². The van der Waals surface area contributed by atoms with Gasteiger partial charge in [0.25, 0.3) is 0 Å². The summed E-state index contributed by atoms with van der Waals surface area (Å²) in [5, 5.41) is 6.47. The zero-order chi connectivity index (χ0) is 19.3. The SMILES string of the molecule is COc1ccc(C2(CNC(=O)[C@H]3NCCO[C@@H]3C)CCCCC2)cc1OC.Cl. The van der Waals surface area contributed by atoms with Gasteiger partial charge < -0.3 is 24.8 Å². The number of benzene rings is 1. The third-order valence-electron chi connectivity index (χ3n) is 6.01. The number of rotatable bonds is 6. The first-order chi connectivity index (χ1) is 13.1. The third-order valence-corrected chi connectivity index (χ3v) is 6.01. The van der Waals surface area contributed by atoms with Gasteiger partial charge in [0.05, 0.1) is 26.9 Å². The van der Waals surface area contributed by atoms with E-state index in [0.29, 0.717) is 19.7 Å². The minimum Gasteiger partial charge on any atom is -0.493 e. The predicted molar refractivity (Wildman–Crippen MR) is 112 cm³/mol. The number of amides is 1. The number of carbonyl (C=O) groups excluding carboxylic acids is 1. The Bertz CT molecular complexity index is 649. The second-order valence-corrected chi connectivity index (χ2v) is 7.64. The molecule has 1 saturated carbocycles. The van der Waals surface area contributed by atoms with Crippen molar-refractivity contribution in [2.45, 2.75) is 56.6 Å². The van der Waals surface area contributed by atoms with Gasteiger partial charge in [-0.25, -0.2) is 0 Å². The van der Waals surface area contributed by atoms with Crippen LogP contribution in [0.1, 0.15) is 44.6 Å². The van der Waals surface area contributed by atoms with Crippen LogP contribution in [0, 0.1) is 0 Å². The second-order valence-electron chi connectivity index (χ2n) is 7.64. The first kappa shape index (κ1) is 22.8. The van der Waals surface area contributed by atoms with E-state index in [1.165, 1.54) is 24.8 Å². The van der Waals surface area contributed by atoms with Crippen LogP contribution in [0.4, 0.5) is 0 Å². The molecule has 1 amide bonds. The molecule has 1 heterocycles. The van der Waals surface area contributed by atoms with E-state index in [1.807, 2.05) is 13.0 Å². The van der Waals surface area contributed by atoms with Gasteiger partial charge in [0.15, 0.2) is 11.5 Å². The minimum atomic E-state index is -0.287. The predicted octanol–water partition coefficient (Wildman–Crippen LogP) is 2.82. The molecule has 1 aliphatic carbocycles. The van der Waals surface area contributed by atoms with E-state index in [9.17, 15) is 4.79 Å². The molecule has 2 fully saturated rings. The van der Waals surface area contributed by atoms with Crippen LogP contribution in [0.25, 0.3) is 0 Å². The van der Waals surface area contributed by atoms with Crippen LogP contribution >= 0.6 is 12.4 Å². The summed E-state index contributed by atoms with van der Waals surface area (Å²) in [6.45, 7) is 3.94. The molecule has 7 heteroatoms. The molecule has 2 atom stereocenters. The Hall–Kier alpha value is -1.50. The molecule has 1 aromatic rings. The van der Waals surface area contributed by atoms with Crippen LogP contribution in [0.5, 0.6) is 11.5 Å². The maximum atomic E-state index is 12.7. The first-order valence-electron chi connectivity index (χ1n) is 9.95. The van der Waals surface area contributed by atoms with Crippen LogP contribution in [-0.2, 0) is 14.9 Å². The molecule has 1 aromatic carbocycles. The van der Waals surface area contributed by atoms with Crippen LogP contribution in [0.2, 0.25) is 0 Å². The Morgan fingerprint density at radius 2 is 1.93 bits per heavy atom. The number of carbonyl (C=O) groups is 1. The summed E-state index contributed by atoms with van der Waals surface area (Å²) in [7, 11) is 3.31. The fourth-order valence-electron chi connectivity index (χ4n) is 4.36. The number of hydrogen-bond donors (Lipinski definition) is 2. The summed E-state index contributed by atoms with van der Waals surface area (Å²) in [6.07, 6.45) is 5.61. The number of methoxy groups -OCH3 is 2. The number of halogens is 1. The average Bonchev–Trinajstić information content (AvgIpc) is 2.72. The van der Waals surface area contributed by atoms with E-state index in [4.69, 9.17) is 14.2 Å². The fourth-order valence-corrected chi connectivity index (χ4v) is 4.36. The van der Waals surface area contributed by atoms with E-state index in [-0.39, 0.29) is 35.9 Å². The van der Waals surface area contributed by atoms with Crippen molar-refractivity contribution in [2.75, 3.05) is 33.9 Å². The molecular formula is C21H33ClN2O4. The average molecular weight is 413 g/mol. The van der Waals surface area contributed by atoms with Crippen LogP contribution < -0.4 is 20.1 Å². The molecule has 0 radical (unpaired) electrons. The first-order valence-corrected chi connectivity index (χ1v) is 9.95. The molecule has 1 aliphatic heterocycles. The maximum Gasteiger partial charge on any atom is 0.239 e. The van der Waals surface area contributed by atoms with E-state index in [2.05, 4.69) is 22.8 Å². The molecule has 28 heavy (non-hydrogen) atoms. The van der Waals surface area contributed by atoms with Crippen molar-refractivity contribution >= 4 is 18.3 Å². The summed E-state index contributed by atoms with van der Waals surface area (Å²) in [5.74, 6) is 1.49. The molecule has 2 aliphatic rings. The van der Waals surface area contributed by atoms with Gasteiger partial charge in [-0.3, -0.25) is 4.79 Å². The van der Waals surface area contributed by atoms with Crippen molar-refractivity contribution in [3.05, 3.63) is 23.8 Å². The lowest BCUT2D eigenvalue weighted by molar-refractivity contribution is -0.129. The number of ether oxygens (including phenoxy) is 3. The van der Waals surface area contributed by atoms with Crippen molar-refractivity contribution in [1.82, 2.24) is 10.6 Å². The third kappa shape index (κ3) is 4.91. The van der Waals surface area contributed by atoms with Gasteiger partial charge in [-0.05, 0) is 37.5 Å². The smallest absolute Gasteiger partial charge is 0.239 e. The van der Waals surface area contributed by atoms with E-state index in [0.717, 1.165) is 24.3 Å². The quantitative estimate of drug-likeness (QED) is 0.751. The Balaban J connectivity index is 0.00000280. The van der Waals surface area contributed by atoms with Crippen LogP contribution in [0.15, 0.2) is 18.2 Å². The summed E-state index contributed by atoms with van der Waals surface area (Å²) < 4.78 is 16.5. The normalized spacial score (nSPS) is 24.0. The van der Waals surface area contributed by atoms with Crippen molar-refractivity contribution in [3.63, 3.8) is 0 Å². The van der Waals surface area contributed by atoms with Gasteiger partial charge in [0, 0.05) is 18.5 Å².